The molecular weight excluding hydrogens is 394 g/mol. The number of aliphatic imine (C=N–C) groups is 1. The van der Waals surface area contributed by atoms with Gasteiger partial charge in [-0.05, 0) is 33.2 Å². The Bertz CT molecular complexity index is 606. The summed E-state index contributed by atoms with van der Waals surface area (Å²) in [6.07, 6.45) is 2.44. The number of hydrogen-bond donors (Lipinski definition) is 1. The molecule has 0 aromatic heterocycles. The summed E-state index contributed by atoms with van der Waals surface area (Å²) in [4.78, 5) is 9.03. The lowest BCUT2D eigenvalue weighted by Crippen LogP contribution is -2.55. The molecule has 0 radical (unpaired) electrons. The quantitative estimate of drug-likeness (QED) is 0.385. The van der Waals surface area contributed by atoms with Crippen LogP contribution in [0.25, 0.3) is 0 Å². The highest BCUT2D eigenvalue weighted by molar-refractivity contribution is 7.89. The van der Waals surface area contributed by atoms with Crippen molar-refractivity contribution in [1.29, 1.82) is 0 Å². The van der Waals surface area contributed by atoms with Crippen LogP contribution in [-0.2, 0) is 19.5 Å². The number of sulfonamides is 1. The maximum atomic E-state index is 12.5. The van der Waals surface area contributed by atoms with Gasteiger partial charge in [-0.25, -0.2) is 8.42 Å². The highest BCUT2D eigenvalue weighted by atomic mass is 32.2. The van der Waals surface area contributed by atoms with Gasteiger partial charge in [0.25, 0.3) is 0 Å². The van der Waals surface area contributed by atoms with Gasteiger partial charge in [0, 0.05) is 59.5 Å². The van der Waals surface area contributed by atoms with Crippen molar-refractivity contribution >= 4 is 16.0 Å². The first kappa shape index (κ1) is 24.3. The Balaban J connectivity index is 1.78. The molecule has 2 saturated heterocycles. The fraction of sp³-hybridized carbons (Fsp3) is 0.947. The molecule has 10 heteroatoms. The van der Waals surface area contributed by atoms with Crippen LogP contribution in [0.1, 0.15) is 26.7 Å². The van der Waals surface area contributed by atoms with Crippen molar-refractivity contribution in [3.63, 3.8) is 0 Å². The molecule has 0 aliphatic carbocycles. The Hall–Kier alpha value is -0.940. The fourth-order valence-electron chi connectivity index (χ4n) is 3.87. The average Bonchev–Trinajstić information content (AvgIpc) is 3.14. The first-order valence-electron chi connectivity index (χ1n) is 10.7. The molecule has 0 spiro atoms. The lowest BCUT2D eigenvalue weighted by Gasteiger charge is -2.36. The fourth-order valence-corrected chi connectivity index (χ4v) is 5.15. The highest BCUT2D eigenvalue weighted by Gasteiger charge is 2.29. The van der Waals surface area contributed by atoms with Crippen molar-refractivity contribution in [3.05, 3.63) is 0 Å². The largest absolute Gasteiger partial charge is 0.383 e. The number of nitrogens with one attached hydrogen (secondary N) is 1. The van der Waals surface area contributed by atoms with Gasteiger partial charge in [-0.1, -0.05) is 0 Å². The second kappa shape index (κ2) is 12.0. The molecule has 170 valence electrons. The van der Waals surface area contributed by atoms with Gasteiger partial charge < -0.3 is 19.7 Å². The molecule has 2 aliphatic rings. The Morgan fingerprint density at radius 2 is 1.90 bits per heavy atom. The standard InChI is InChI=1S/C19H39N5O4S/c1-17(2)28-14-15-29(25,26)24-10-8-23(9-11-24)19(20-3)21-16-18-6-5-7-22(18)12-13-27-4/h17-18H,5-16H2,1-4H3,(H,20,21). The third kappa shape index (κ3) is 7.67. The Morgan fingerprint density at radius 1 is 1.17 bits per heavy atom. The van der Waals surface area contributed by atoms with Crippen LogP contribution >= 0.6 is 0 Å². The minimum Gasteiger partial charge on any atom is -0.383 e. The van der Waals surface area contributed by atoms with E-state index in [2.05, 4.69) is 20.1 Å². The van der Waals surface area contributed by atoms with Crippen LogP contribution < -0.4 is 5.32 Å². The Kier molecular flexibility index (Phi) is 10.1. The molecule has 0 bridgehead atoms. The van der Waals surface area contributed by atoms with Crippen LogP contribution in [0.3, 0.4) is 0 Å². The van der Waals surface area contributed by atoms with Gasteiger partial charge in [0.05, 0.1) is 25.1 Å². The lowest BCUT2D eigenvalue weighted by atomic mass is 10.2. The van der Waals surface area contributed by atoms with E-state index in [0.29, 0.717) is 32.2 Å². The molecule has 29 heavy (non-hydrogen) atoms. The van der Waals surface area contributed by atoms with Crippen LogP contribution in [0.4, 0.5) is 0 Å². The summed E-state index contributed by atoms with van der Waals surface area (Å²) in [5, 5.41) is 3.49. The summed E-state index contributed by atoms with van der Waals surface area (Å²) in [6, 6.07) is 0.490. The number of rotatable bonds is 10. The lowest BCUT2D eigenvalue weighted by molar-refractivity contribution is 0.0904. The predicted molar refractivity (Wildman–Crippen MR) is 116 cm³/mol. The number of likely N-dealkylation sites (tertiary alicyclic amines) is 1. The van der Waals surface area contributed by atoms with Crippen LogP contribution in [0.15, 0.2) is 4.99 Å². The predicted octanol–water partition coefficient (Wildman–Crippen LogP) is 0.0450. The van der Waals surface area contributed by atoms with E-state index >= 15 is 0 Å². The molecule has 9 nitrogen and oxygen atoms in total. The van der Waals surface area contributed by atoms with Gasteiger partial charge in [0.15, 0.2) is 5.96 Å². The summed E-state index contributed by atoms with van der Waals surface area (Å²) in [6.45, 7) is 9.98. The minimum atomic E-state index is -3.27. The van der Waals surface area contributed by atoms with E-state index in [1.54, 1.807) is 18.5 Å². The maximum Gasteiger partial charge on any atom is 0.216 e. The molecule has 0 saturated carbocycles. The van der Waals surface area contributed by atoms with Crippen molar-refractivity contribution in [2.45, 2.75) is 38.8 Å². The first-order valence-corrected chi connectivity index (χ1v) is 12.3. The zero-order valence-corrected chi connectivity index (χ0v) is 19.3. The van der Waals surface area contributed by atoms with E-state index in [-0.39, 0.29) is 18.5 Å². The first-order chi connectivity index (χ1) is 13.9. The minimum absolute atomic E-state index is 0.0388. The molecule has 2 fully saturated rings. The molecule has 1 atom stereocenters. The van der Waals surface area contributed by atoms with Crippen LogP contribution in [0, 0.1) is 0 Å². The van der Waals surface area contributed by atoms with Crippen molar-refractivity contribution in [3.8, 4) is 0 Å². The molecule has 2 heterocycles. The summed E-state index contributed by atoms with van der Waals surface area (Å²) < 4.78 is 37.2. The van der Waals surface area contributed by atoms with Crippen LogP contribution in [0.2, 0.25) is 0 Å². The number of guanidine groups is 1. The Labute approximate surface area is 176 Å². The van der Waals surface area contributed by atoms with Gasteiger partial charge in [-0.15, -0.1) is 0 Å². The zero-order valence-electron chi connectivity index (χ0n) is 18.5. The highest BCUT2D eigenvalue weighted by Crippen LogP contribution is 2.16. The van der Waals surface area contributed by atoms with Crippen LogP contribution in [-0.4, -0.2) is 120 Å². The van der Waals surface area contributed by atoms with Crippen molar-refractivity contribution < 1.29 is 17.9 Å². The zero-order chi connectivity index (χ0) is 21.3. The van der Waals surface area contributed by atoms with Gasteiger partial charge in [0.1, 0.15) is 0 Å². The van der Waals surface area contributed by atoms with Gasteiger partial charge in [0.2, 0.25) is 10.0 Å². The monoisotopic (exact) mass is 433 g/mol. The van der Waals surface area contributed by atoms with E-state index < -0.39 is 10.0 Å². The van der Waals surface area contributed by atoms with Crippen molar-refractivity contribution in [1.82, 2.24) is 19.4 Å². The number of ether oxygens (including phenoxy) is 2. The average molecular weight is 434 g/mol. The molecular formula is C19H39N5O4S. The van der Waals surface area contributed by atoms with E-state index in [9.17, 15) is 8.42 Å². The van der Waals surface area contributed by atoms with Gasteiger partial charge in [-0.2, -0.15) is 4.31 Å². The second-order valence-corrected chi connectivity index (χ2v) is 9.96. The molecule has 0 aromatic carbocycles. The van der Waals surface area contributed by atoms with Crippen molar-refractivity contribution in [2.75, 3.05) is 78.9 Å². The smallest absolute Gasteiger partial charge is 0.216 e. The summed E-state index contributed by atoms with van der Waals surface area (Å²) >= 11 is 0. The second-order valence-electron chi connectivity index (χ2n) is 7.87. The van der Waals surface area contributed by atoms with E-state index in [1.807, 2.05) is 13.8 Å². The topological polar surface area (TPSA) is 86.7 Å². The Morgan fingerprint density at radius 3 is 2.52 bits per heavy atom. The molecule has 1 unspecified atom stereocenters. The summed E-state index contributed by atoms with van der Waals surface area (Å²) in [5.41, 5.74) is 0. The number of hydrogen-bond acceptors (Lipinski definition) is 6. The molecule has 0 amide bonds. The third-order valence-electron chi connectivity index (χ3n) is 5.51. The number of piperazine rings is 1. The maximum absolute atomic E-state index is 12.5. The normalized spacial score (nSPS) is 22.6. The molecule has 2 aliphatic heterocycles. The van der Waals surface area contributed by atoms with E-state index in [4.69, 9.17) is 9.47 Å². The molecule has 2 rings (SSSR count). The molecule has 1 N–H and O–H groups in total. The number of methoxy groups -OCH3 is 1. The van der Waals surface area contributed by atoms with Gasteiger partial charge >= 0.3 is 0 Å². The van der Waals surface area contributed by atoms with E-state index in [0.717, 1.165) is 32.2 Å². The summed E-state index contributed by atoms with van der Waals surface area (Å²) in [7, 11) is 0.249. The molecule has 0 aromatic rings. The summed E-state index contributed by atoms with van der Waals surface area (Å²) in [5.74, 6) is 0.890. The number of nitrogens with zero attached hydrogens (tertiary/aromatic N) is 4. The van der Waals surface area contributed by atoms with Crippen LogP contribution in [0.5, 0.6) is 0 Å². The van der Waals surface area contributed by atoms with E-state index in [1.165, 1.54) is 12.8 Å². The third-order valence-corrected chi connectivity index (χ3v) is 7.35. The van der Waals surface area contributed by atoms with Crippen molar-refractivity contribution in [2.24, 2.45) is 4.99 Å². The van der Waals surface area contributed by atoms with Gasteiger partial charge in [-0.3, -0.25) is 9.89 Å². The SMILES string of the molecule is CN=C(NCC1CCCN1CCOC)N1CCN(S(=O)(=O)CCOC(C)C)CC1.